The van der Waals surface area contributed by atoms with E-state index in [1.807, 2.05) is 24.3 Å². The topological polar surface area (TPSA) is 77.8 Å². The van der Waals surface area contributed by atoms with Crippen LogP contribution in [0, 0.1) is 11.3 Å². The van der Waals surface area contributed by atoms with Crippen LogP contribution in [0.2, 0.25) is 0 Å². The first kappa shape index (κ1) is 15.0. The second kappa shape index (κ2) is 6.46. The van der Waals surface area contributed by atoms with Gasteiger partial charge in [-0.1, -0.05) is 30.4 Å². The molecular formula is C17H14N4OS. The summed E-state index contributed by atoms with van der Waals surface area (Å²) in [6.45, 7) is 2.08. The van der Waals surface area contributed by atoms with Crippen LogP contribution in [0.15, 0.2) is 42.5 Å². The number of benzene rings is 2. The molecule has 0 spiro atoms. The van der Waals surface area contributed by atoms with Crippen molar-refractivity contribution < 1.29 is 4.79 Å². The van der Waals surface area contributed by atoms with Gasteiger partial charge in [-0.25, -0.2) is 9.78 Å². The molecule has 2 amide bonds. The van der Waals surface area contributed by atoms with Gasteiger partial charge in [-0.3, -0.25) is 5.32 Å². The van der Waals surface area contributed by atoms with Crippen LogP contribution in [0.1, 0.15) is 18.1 Å². The summed E-state index contributed by atoms with van der Waals surface area (Å²) in [5.41, 5.74) is 3.28. The zero-order valence-electron chi connectivity index (χ0n) is 12.5. The minimum Gasteiger partial charge on any atom is -0.308 e. The number of carbonyl (C=O) groups is 1. The lowest BCUT2D eigenvalue weighted by molar-refractivity contribution is 0.262. The molecule has 0 aliphatic heterocycles. The summed E-state index contributed by atoms with van der Waals surface area (Å²) >= 11 is 1.34. The summed E-state index contributed by atoms with van der Waals surface area (Å²) in [7, 11) is 0. The van der Waals surface area contributed by atoms with Gasteiger partial charge < -0.3 is 5.32 Å². The summed E-state index contributed by atoms with van der Waals surface area (Å²) in [5, 5.41) is 14.9. The highest BCUT2D eigenvalue weighted by Gasteiger charge is 2.08. The number of anilines is 2. The van der Waals surface area contributed by atoms with Gasteiger partial charge in [-0.05, 0) is 42.3 Å². The van der Waals surface area contributed by atoms with E-state index in [9.17, 15) is 4.79 Å². The van der Waals surface area contributed by atoms with E-state index < -0.39 is 0 Å². The van der Waals surface area contributed by atoms with E-state index in [-0.39, 0.29) is 6.03 Å². The number of nitrogens with zero attached hydrogens (tertiary/aromatic N) is 2. The third-order valence-electron chi connectivity index (χ3n) is 3.36. The molecule has 3 rings (SSSR count). The van der Waals surface area contributed by atoms with Crippen molar-refractivity contribution in [3.63, 3.8) is 0 Å². The maximum absolute atomic E-state index is 12.0. The Hall–Kier alpha value is -2.91. The number of aryl methyl sites for hydroxylation is 1. The van der Waals surface area contributed by atoms with Crippen molar-refractivity contribution in [2.75, 3.05) is 10.6 Å². The molecule has 0 saturated heterocycles. The van der Waals surface area contributed by atoms with Gasteiger partial charge in [0.2, 0.25) is 0 Å². The van der Waals surface area contributed by atoms with Crippen LogP contribution in [0.5, 0.6) is 0 Å². The average molecular weight is 322 g/mol. The van der Waals surface area contributed by atoms with Gasteiger partial charge in [0, 0.05) is 5.69 Å². The summed E-state index contributed by atoms with van der Waals surface area (Å²) in [4.78, 5) is 16.4. The lowest BCUT2D eigenvalue weighted by Crippen LogP contribution is -2.19. The number of hydrogen-bond donors (Lipinski definition) is 2. The summed E-state index contributed by atoms with van der Waals surface area (Å²) < 4.78 is 0.867. The predicted octanol–water partition coefficient (Wildman–Crippen LogP) is 4.37. The molecule has 0 radical (unpaired) electrons. The molecule has 5 nitrogen and oxygen atoms in total. The van der Waals surface area contributed by atoms with Crippen LogP contribution in [0.3, 0.4) is 0 Å². The lowest BCUT2D eigenvalue weighted by Gasteiger charge is -2.05. The van der Waals surface area contributed by atoms with Gasteiger partial charge in [0.15, 0.2) is 5.13 Å². The standard InChI is InChI=1S/C17H14N4OS/c1-2-11-3-6-13(7-4-11)19-16(22)21-17-20-14-8-5-12(10-18)9-15(14)23-17/h3-9H,2H2,1H3,(H2,19,20,21,22). The molecule has 0 aliphatic rings. The average Bonchev–Trinajstić information content (AvgIpc) is 2.96. The van der Waals surface area contributed by atoms with Crippen LogP contribution < -0.4 is 10.6 Å². The van der Waals surface area contributed by atoms with Crippen molar-refractivity contribution in [3.05, 3.63) is 53.6 Å². The van der Waals surface area contributed by atoms with Crippen molar-refractivity contribution in [3.8, 4) is 6.07 Å². The molecule has 1 heterocycles. The lowest BCUT2D eigenvalue weighted by atomic mass is 10.1. The second-order valence-corrected chi connectivity index (χ2v) is 5.97. The number of hydrogen-bond acceptors (Lipinski definition) is 4. The summed E-state index contributed by atoms with van der Waals surface area (Å²) in [6.07, 6.45) is 0.961. The van der Waals surface area contributed by atoms with Gasteiger partial charge in [0.1, 0.15) is 0 Å². The van der Waals surface area contributed by atoms with Crippen LogP contribution in [-0.2, 0) is 6.42 Å². The molecule has 0 atom stereocenters. The molecule has 0 saturated carbocycles. The molecule has 2 N–H and O–H groups in total. The van der Waals surface area contributed by atoms with Crippen molar-refractivity contribution in [2.45, 2.75) is 13.3 Å². The number of nitriles is 1. The quantitative estimate of drug-likeness (QED) is 0.751. The Balaban J connectivity index is 1.70. The van der Waals surface area contributed by atoms with E-state index in [1.54, 1.807) is 18.2 Å². The first-order chi connectivity index (χ1) is 11.2. The van der Waals surface area contributed by atoms with Crippen LogP contribution in [0.4, 0.5) is 15.6 Å². The Kier molecular flexibility index (Phi) is 4.22. The number of nitrogens with one attached hydrogen (secondary N) is 2. The number of carbonyl (C=O) groups excluding carboxylic acids is 1. The molecule has 2 aromatic carbocycles. The predicted molar refractivity (Wildman–Crippen MR) is 92.8 cm³/mol. The van der Waals surface area contributed by atoms with Gasteiger partial charge in [-0.2, -0.15) is 5.26 Å². The first-order valence-electron chi connectivity index (χ1n) is 7.15. The number of urea groups is 1. The van der Waals surface area contributed by atoms with Crippen molar-refractivity contribution in [2.24, 2.45) is 0 Å². The fourth-order valence-electron chi connectivity index (χ4n) is 2.13. The van der Waals surface area contributed by atoms with Gasteiger partial charge in [0.25, 0.3) is 0 Å². The van der Waals surface area contributed by atoms with Crippen molar-refractivity contribution in [1.82, 2.24) is 4.98 Å². The Morgan fingerprint density at radius 3 is 2.70 bits per heavy atom. The number of amides is 2. The van der Waals surface area contributed by atoms with Crippen LogP contribution >= 0.6 is 11.3 Å². The minimum absolute atomic E-state index is 0.339. The van der Waals surface area contributed by atoms with E-state index in [1.165, 1.54) is 16.9 Å². The molecule has 0 bridgehead atoms. The maximum Gasteiger partial charge on any atom is 0.325 e. The molecule has 23 heavy (non-hydrogen) atoms. The smallest absolute Gasteiger partial charge is 0.308 e. The second-order valence-electron chi connectivity index (χ2n) is 4.94. The number of fused-ring (bicyclic) bond motifs is 1. The number of aromatic nitrogens is 1. The largest absolute Gasteiger partial charge is 0.325 e. The summed E-state index contributed by atoms with van der Waals surface area (Å²) in [5.74, 6) is 0. The van der Waals surface area contributed by atoms with Gasteiger partial charge >= 0.3 is 6.03 Å². The number of rotatable bonds is 3. The van der Waals surface area contributed by atoms with E-state index in [2.05, 4.69) is 28.6 Å². The molecule has 1 aromatic heterocycles. The SMILES string of the molecule is CCc1ccc(NC(=O)Nc2nc3ccc(C#N)cc3s2)cc1. The fraction of sp³-hybridized carbons (Fsp3) is 0.118. The maximum atomic E-state index is 12.0. The monoisotopic (exact) mass is 322 g/mol. The molecular weight excluding hydrogens is 308 g/mol. The highest BCUT2D eigenvalue weighted by atomic mass is 32.1. The normalized spacial score (nSPS) is 10.3. The Morgan fingerprint density at radius 2 is 2.00 bits per heavy atom. The Bertz CT molecular complexity index is 893. The minimum atomic E-state index is -0.339. The molecule has 0 aliphatic carbocycles. The van der Waals surface area contributed by atoms with Gasteiger partial charge in [-0.15, -0.1) is 0 Å². The van der Waals surface area contributed by atoms with Crippen molar-refractivity contribution >= 4 is 38.4 Å². The van der Waals surface area contributed by atoms with Gasteiger partial charge in [0.05, 0.1) is 21.8 Å². The van der Waals surface area contributed by atoms with Crippen LogP contribution in [-0.4, -0.2) is 11.0 Å². The first-order valence-corrected chi connectivity index (χ1v) is 7.97. The highest BCUT2D eigenvalue weighted by molar-refractivity contribution is 7.22. The van der Waals surface area contributed by atoms with E-state index >= 15 is 0 Å². The molecule has 6 heteroatoms. The molecule has 0 fully saturated rings. The van der Waals surface area contributed by atoms with Crippen molar-refractivity contribution in [1.29, 1.82) is 5.26 Å². The van der Waals surface area contributed by atoms with E-state index in [4.69, 9.17) is 5.26 Å². The Morgan fingerprint density at radius 1 is 1.22 bits per heavy atom. The molecule has 0 unspecified atom stereocenters. The zero-order valence-corrected chi connectivity index (χ0v) is 13.3. The Labute approximate surface area is 137 Å². The zero-order chi connectivity index (χ0) is 16.2. The highest BCUT2D eigenvalue weighted by Crippen LogP contribution is 2.26. The summed E-state index contributed by atoms with van der Waals surface area (Å²) in [6, 6.07) is 14.7. The third kappa shape index (κ3) is 3.47. The van der Waals surface area contributed by atoms with Crippen LogP contribution in [0.25, 0.3) is 10.2 Å². The third-order valence-corrected chi connectivity index (χ3v) is 4.29. The van der Waals surface area contributed by atoms with E-state index in [0.717, 1.165) is 22.3 Å². The molecule has 3 aromatic rings. The fourth-order valence-corrected chi connectivity index (χ4v) is 3.03. The van der Waals surface area contributed by atoms with E-state index in [0.29, 0.717) is 10.7 Å². The molecule has 114 valence electrons. The number of thiazole rings is 1.